The van der Waals surface area contributed by atoms with Crippen molar-refractivity contribution in [1.82, 2.24) is 4.90 Å². The van der Waals surface area contributed by atoms with E-state index in [9.17, 15) is 33.6 Å². The lowest BCUT2D eigenvalue weighted by molar-refractivity contribution is -0.233. The third-order valence-corrected chi connectivity index (χ3v) is 7.75. The molecule has 1 heterocycles. The zero-order valence-corrected chi connectivity index (χ0v) is 26.4. The van der Waals surface area contributed by atoms with Crippen LogP contribution in [0.25, 0.3) is 0 Å². The Morgan fingerprint density at radius 1 is 0.886 bits per heavy atom. The molecule has 0 aliphatic carbocycles. The van der Waals surface area contributed by atoms with Gasteiger partial charge in [-0.05, 0) is 5.56 Å². The lowest BCUT2D eigenvalue weighted by Gasteiger charge is -2.50. The summed E-state index contributed by atoms with van der Waals surface area (Å²) < 4.78 is 33.2. The first-order valence-electron chi connectivity index (χ1n) is 13.5. The summed E-state index contributed by atoms with van der Waals surface area (Å²) >= 11 is 0.966. The second-order valence-electron chi connectivity index (χ2n) is 9.88. The van der Waals surface area contributed by atoms with Crippen LogP contribution < -0.4 is 0 Å². The van der Waals surface area contributed by atoms with Gasteiger partial charge in [-0.15, -0.1) is 11.8 Å². The van der Waals surface area contributed by atoms with E-state index in [4.69, 9.17) is 28.4 Å². The van der Waals surface area contributed by atoms with Crippen LogP contribution in [0.2, 0.25) is 0 Å². The maximum atomic E-state index is 13.5. The van der Waals surface area contributed by atoms with Gasteiger partial charge < -0.3 is 28.4 Å². The maximum Gasteiger partial charge on any atom is 0.349 e. The van der Waals surface area contributed by atoms with Crippen LogP contribution >= 0.6 is 11.8 Å². The third-order valence-electron chi connectivity index (χ3n) is 6.38. The SMILES string of the molecule is COC(=O)[C@@]1(SCc2ccccc2)C[C@H](OC(C)=O)[C@@H](N(C(C)=O)C(C)=O)[C@H]([C@H](OC(C)=O)[C@@H](COC(C)=O)OC(C)=O)O1. The van der Waals surface area contributed by atoms with Gasteiger partial charge in [-0.2, -0.15) is 0 Å². The highest BCUT2D eigenvalue weighted by Crippen LogP contribution is 2.45. The number of carbonyl (C=O) groups is 7. The number of methoxy groups -OCH3 is 1. The first-order valence-corrected chi connectivity index (χ1v) is 14.5. The highest BCUT2D eigenvalue weighted by Gasteiger charge is 2.60. The predicted octanol–water partition coefficient (Wildman–Crippen LogP) is 1.70. The van der Waals surface area contributed by atoms with E-state index in [0.29, 0.717) is 0 Å². The van der Waals surface area contributed by atoms with E-state index in [0.717, 1.165) is 70.9 Å². The molecule has 6 atom stereocenters. The van der Waals surface area contributed by atoms with Crippen LogP contribution in [0.4, 0.5) is 0 Å². The van der Waals surface area contributed by atoms with Crippen molar-refractivity contribution in [3.63, 3.8) is 0 Å². The van der Waals surface area contributed by atoms with Gasteiger partial charge in [-0.25, -0.2) is 4.79 Å². The van der Waals surface area contributed by atoms with Crippen molar-refractivity contribution in [2.75, 3.05) is 13.7 Å². The molecular weight excluding hydrogens is 602 g/mol. The Morgan fingerprint density at radius 2 is 1.48 bits per heavy atom. The van der Waals surface area contributed by atoms with Crippen LogP contribution in [0, 0.1) is 0 Å². The molecule has 1 fully saturated rings. The Morgan fingerprint density at radius 3 is 1.95 bits per heavy atom. The van der Waals surface area contributed by atoms with Gasteiger partial charge in [-0.1, -0.05) is 30.3 Å². The van der Waals surface area contributed by atoms with E-state index in [-0.39, 0.29) is 5.75 Å². The van der Waals surface area contributed by atoms with E-state index in [1.165, 1.54) is 0 Å². The van der Waals surface area contributed by atoms with Gasteiger partial charge in [0.25, 0.3) is 0 Å². The first kappa shape index (κ1) is 36.2. The molecule has 1 aromatic carbocycles. The first-order chi connectivity index (χ1) is 20.6. The van der Waals surface area contributed by atoms with Gasteiger partial charge in [0.1, 0.15) is 24.9 Å². The zero-order chi connectivity index (χ0) is 33.2. The molecule has 1 aliphatic rings. The molecule has 0 N–H and O–H groups in total. The molecule has 242 valence electrons. The summed E-state index contributed by atoms with van der Waals surface area (Å²) in [6.07, 6.45) is -6.76. The Hall–Kier alpha value is -3.98. The van der Waals surface area contributed by atoms with Crippen LogP contribution in [-0.4, -0.2) is 95.7 Å². The molecular formula is C29H37NO13S. The molecule has 2 rings (SSSR count). The summed E-state index contributed by atoms with van der Waals surface area (Å²) in [6.45, 7) is 5.81. The van der Waals surface area contributed by atoms with Crippen LogP contribution in [0.15, 0.2) is 30.3 Å². The van der Waals surface area contributed by atoms with E-state index in [1.54, 1.807) is 30.3 Å². The zero-order valence-electron chi connectivity index (χ0n) is 25.6. The highest BCUT2D eigenvalue weighted by molar-refractivity contribution is 8.00. The molecule has 2 amide bonds. The molecule has 0 saturated carbocycles. The predicted molar refractivity (Wildman–Crippen MR) is 152 cm³/mol. The maximum absolute atomic E-state index is 13.5. The number of benzene rings is 1. The van der Waals surface area contributed by atoms with Crippen LogP contribution in [-0.2, 0) is 67.7 Å². The lowest BCUT2D eigenvalue weighted by Crippen LogP contribution is -2.69. The quantitative estimate of drug-likeness (QED) is 0.238. The minimum absolute atomic E-state index is 0.183. The summed E-state index contributed by atoms with van der Waals surface area (Å²) in [7, 11) is 1.11. The number of imide groups is 1. The van der Waals surface area contributed by atoms with Crippen molar-refractivity contribution in [3.8, 4) is 0 Å². The molecule has 0 bridgehead atoms. The monoisotopic (exact) mass is 639 g/mol. The summed E-state index contributed by atoms with van der Waals surface area (Å²) in [5.74, 6) is -5.67. The molecule has 0 aromatic heterocycles. The van der Waals surface area contributed by atoms with Gasteiger partial charge in [0.05, 0.1) is 7.11 Å². The van der Waals surface area contributed by atoms with Gasteiger partial charge in [0.2, 0.25) is 16.7 Å². The second kappa shape index (κ2) is 16.2. The Kier molecular flexibility index (Phi) is 13.3. The number of hydrogen-bond donors (Lipinski definition) is 0. The van der Waals surface area contributed by atoms with Crippen LogP contribution in [0.1, 0.15) is 53.5 Å². The van der Waals surface area contributed by atoms with Crippen LogP contribution in [0.3, 0.4) is 0 Å². The number of esters is 5. The average Bonchev–Trinajstić information content (AvgIpc) is 2.93. The van der Waals surface area contributed by atoms with Crippen molar-refractivity contribution in [1.29, 1.82) is 0 Å². The number of ether oxygens (including phenoxy) is 6. The number of carbonyl (C=O) groups excluding carboxylic acids is 7. The smallest absolute Gasteiger partial charge is 0.349 e. The summed E-state index contributed by atoms with van der Waals surface area (Å²) in [4.78, 5) is 86.7. The highest BCUT2D eigenvalue weighted by atomic mass is 32.2. The Bertz CT molecular complexity index is 1220. The van der Waals surface area contributed by atoms with Crippen LogP contribution in [0.5, 0.6) is 0 Å². The fraction of sp³-hybridized carbons (Fsp3) is 0.552. The molecule has 1 aromatic rings. The molecule has 0 radical (unpaired) electrons. The van der Waals surface area contributed by atoms with E-state index in [2.05, 4.69) is 0 Å². The average molecular weight is 640 g/mol. The minimum Gasteiger partial charge on any atom is -0.466 e. The molecule has 15 heteroatoms. The summed E-state index contributed by atoms with van der Waals surface area (Å²) in [5, 5.41) is 0. The number of rotatable bonds is 12. The lowest BCUT2D eigenvalue weighted by atomic mass is 9.88. The summed E-state index contributed by atoms with van der Waals surface area (Å²) in [6, 6.07) is 7.47. The third kappa shape index (κ3) is 9.77. The van der Waals surface area contributed by atoms with Crippen molar-refractivity contribution >= 4 is 53.4 Å². The Balaban J connectivity index is 2.87. The number of thioether (sulfide) groups is 1. The van der Waals surface area contributed by atoms with Gasteiger partial charge in [-0.3, -0.25) is 33.7 Å². The van der Waals surface area contributed by atoms with Crippen molar-refractivity contribution < 1.29 is 62.0 Å². The molecule has 14 nitrogen and oxygen atoms in total. The molecule has 0 unspecified atom stereocenters. The molecule has 1 aliphatic heterocycles. The number of nitrogens with zero attached hydrogens (tertiary/aromatic N) is 1. The van der Waals surface area contributed by atoms with Crippen molar-refractivity contribution in [2.24, 2.45) is 0 Å². The number of amides is 2. The van der Waals surface area contributed by atoms with Gasteiger partial charge >= 0.3 is 29.8 Å². The number of hydrogen-bond acceptors (Lipinski definition) is 14. The topological polar surface area (TPSA) is 178 Å². The Labute approximate surface area is 259 Å². The second-order valence-corrected chi connectivity index (χ2v) is 11.1. The molecule has 0 spiro atoms. The van der Waals surface area contributed by atoms with E-state index >= 15 is 0 Å². The van der Waals surface area contributed by atoms with Gasteiger partial charge in [0.15, 0.2) is 12.2 Å². The van der Waals surface area contributed by atoms with E-state index in [1.807, 2.05) is 0 Å². The van der Waals surface area contributed by atoms with Gasteiger partial charge in [0, 0.05) is 53.7 Å². The standard InChI is InChI=1S/C29H37NO13S/c1-16(31)30(17(2)32)25-23(40-19(4)34)13-29(28(37)38-7,44-15-22-11-9-8-10-12-22)43-27(25)26(42-21(6)36)24(41-20(5)35)14-39-18(3)33/h8-12,23-27H,13-15H2,1-7H3/t23-,24+,25+,26+,27+,29-/m0/s1. The van der Waals surface area contributed by atoms with Crippen molar-refractivity contribution in [3.05, 3.63) is 35.9 Å². The fourth-order valence-electron chi connectivity index (χ4n) is 4.84. The largest absolute Gasteiger partial charge is 0.466 e. The fourth-order valence-corrected chi connectivity index (χ4v) is 6.10. The summed E-state index contributed by atoms with van der Waals surface area (Å²) in [5.41, 5.74) is 0.783. The van der Waals surface area contributed by atoms with Crippen molar-refractivity contribution in [2.45, 2.75) is 89.1 Å². The van der Waals surface area contributed by atoms with E-state index < -0.39 is 90.1 Å². The molecule has 44 heavy (non-hydrogen) atoms. The normalized spacial score (nSPS) is 22.4. The minimum atomic E-state index is -1.97. The molecule has 1 saturated heterocycles.